The predicted molar refractivity (Wildman–Crippen MR) is 111 cm³/mol. The normalized spacial score (nSPS) is 11.0. The Morgan fingerprint density at radius 2 is 1.82 bits per heavy atom. The molecule has 0 spiro atoms. The molecule has 0 fully saturated rings. The van der Waals surface area contributed by atoms with Crippen molar-refractivity contribution in [3.63, 3.8) is 0 Å². The number of aryl methyl sites for hydroxylation is 2. The SMILES string of the molecule is CCOc1cccc(-c2c(Nc3ccccc3C)oc3cc(C)oc(=O)c23)c1. The van der Waals surface area contributed by atoms with Crippen LogP contribution in [-0.2, 0) is 0 Å². The lowest BCUT2D eigenvalue weighted by molar-refractivity contribution is 0.340. The van der Waals surface area contributed by atoms with Gasteiger partial charge >= 0.3 is 5.63 Å². The molecule has 142 valence electrons. The van der Waals surface area contributed by atoms with E-state index >= 15 is 0 Å². The first-order chi connectivity index (χ1) is 13.6. The van der Waals surface area contributed by atoms with Gasteiger partial charge in [0.1, 0.15) is 22.5 Å². The average Bonchev–Trinajstić information content (AvgIpc) is 3.02. The van der Waals surface area contributed by atoms with Crippen molar-refractivity contribution in [3.8, 4) is 16.9 Å². The summed E-state index contributed by atoms with van der Waals surface area (Å²) in [6.07, 6.45) is 0. The summed E-state index contributed by atoms with van der Waals surface area (Å²) in [5, 5.41) is 3.75. The molecular weight excluding hydrogens is 354 g/mol. The van der Waals surface area contributed by atoms with Crippen LogP contribution < -0.4 is 15.7 Å². The first kappa shape index (κ1) is 17.9. The van der Waals surface area contributed by atoms with Gasteiger partial charge in [-0.05, 0) is 50.1 Å². The monoisotopic (exact) mass is 375 g/mol. The maximum absolute atomic E-state index is 12.7. The number of para-hydroxylation sites is 1. The highest BCUT2D eigenvalue weighted by Gasteiger charge is 2.21. The number of furan rings is 1. The van der Waals surface area contributed by atoms with Gasteiger partial charge in [0.15, 0.2) is 0 Å². The highest BCUT2D eigenvalue weighted by atomic mass is 16.5. The molecule has 5 nitrogen and oxygen atoms in total. The second-order valence-corrected chi connectivity index (χ2v) is 6.59. The molecule has 0 atom stereocenters. The number of hydrogen-bond acceptors (Lipinski definition) is 5. The molecule has 0 bridgehead atoms. The standard InChI is InChI=1S/C23H21NO4/c1-4-26-17-10-7-9-16(13-17)20-21-19(12-15(3)27-23(21)25)28-22(20)24-18-11-6-5-8-14(18)2/h5-13,24H,4H2,1-3H3. The van der Waals surface area contributed by atoms with Gasteiger partial charge in [0, 0.05) is 11.8 Å². The lowest BCUT2D eigenvalue weighted by Gasteiger charge is -2.10. The molecule has 0 aliphatic rings. The molecule has 4 aromatic rings. The molecule has 0 aliphatic carbocycles. The Bertz CT molecular complexity index is 1200. The lowest BCUT2D eigenvalue weighted by Crippen LogP contribution is -2.01. The van der Waals surface area contributed by atoms with Gasteiger partial charge in [-0.25, -0.2) is 4.79 Å². The Kier molecular flexibility index (Phi) is 4.65. The Balaban J connectivity index is 1.95. The van der Waals surface area contributed by atoms with Crippen LogP contribution in [0.3, 0.4) is 0 Å². The summed E-state index contributed by atoms with van der Waals surface area (Å²) in [4.78, 5) is 12.7. The van der Waals surface area contributed by atoms with Crippen molar-refractivity contribution in [1.29, 1.82) is 0 Å². The Morgan fingerprint density at radius 1 is 1.00 bits per heavy atom. The number of hydrogen-bond donors (Lipinski definition) is 1. The van der Waals surface area contributed by atoms with E-state index in [1.807, 2.05) is 62.4 Å². The van der Waals surface area contributed by atoms with Gasteiger partial charge in [0.05, 0.1) is 12.2 Å². The zero-order valence-corrected chi connectivity index (χ0v) is 16.0. The zero-order valence-electron chi connectivity index (χ0n) is 16.0. The minimum absolute atomic E-state index is 0.412. The van der Waals surface area contributed by atoms with Crippen molar-refractivity contribution in [2.75, 3.05) is 11.9 Å². The molecule has 0 unspecified atom stereocenters. The molecule has 4 rings (SSSR count). The predicted octanol–water partition coefficient (Wildman–Crippen LogP) is 5.81. The van der Waals surface area contributed by atoms with E-state index in [0.717, 1.165) is 22.6 Å². The molecule has 2 heterocycles. The minimum Gasteiger partial charge on any atom is -0.494 e. The van der Waals surface area contributed by atoms with E-state index in [-0.39, 0.29) is 0 Å². The van der Waals surface area contributed by atoms with E-state index in [9.17, 15) is 4.79 Å². The summed E-state index contributed by atoms with van der Waals surface area (Å²) in [5.74, 6) is 1.73. The lowest BCUT2D eigenvalue weighted by atomic mass is 10.0. The van der Waals surface area contributed by atoms with Crippen molar-refractivity contribution in [1.82, 2.24) is 0 Å². The van der Waals surface area contributed by atoms with Crippen molar-refractivity contribution in [2.45, 2.75) is 20.8 Å². The van der Waals surface area contributed by atoms with Gasteiger partial charge in [-0.15, -0.1) is 0 Å². The molecule has 2 aromatic heterocycles. The molecule has 0 radical (unpaired) electrons. The molecule has 28 heavy (non-hydrogen) atoms. The quantitative estimate of drug-likeness (QED) is 0.477. The summed E-state index contributed by atoms with van der Waals surface area (Å²) in [6.45, 7) is 6.24. The van der Waals surface area contributed by atoms with Crippen LogP contribution in [0.4, 0.5) is 11.6 Å². The minimum atomic E-state index is -0.423. The topological polar surface area (TPSA) is 64.6 Å². The van der Waals surface area contributed by atoms with Gasteiger partial charge in [-0.3, -0.25) is 0 Å². The summed E-state index contributed by atoms with van der Waals surface area (Å²) in [7, 11) is 0. The third kappa shape index (κ3) is 3.27. The summed E-state index contributed by atoms with van der Waals surface area (Å²) in [5.41, 5.74) is 3.52. The number of fused-ring (bicyclic) bond motifs is 1. The molecule has 5 heteroatoms. The molecule has 0 saturated heterocycles. The summed E-state index contributed by atoms with van der Waals surface area (Å²) in [6, 6.07) is 17.2. The van der Waals surface area contributed by atoms with Gasteiger partial charge in [0.2, 0.25) is 5.88 Å². The van der Waals surface area contributed by atoms with E-state index in [1.54, 1.807) is 13.0 Å². The summed E-state index contributed by atoms with van der Waals surface area (Å²) >= 11 is 0. The molecule has 0 amide bonds. The number of ether oxygens (including phenoxy) is 1. The van der Waals surface area contributed by atoms with Crippen LogP contribution >= 0.6 is 0 Å². The third-order valence-corrected chi connectivity index (χ3v) is 4.55. The van der Waals surface area contributed by atoms with Crippen molar-refractivity contribution in [2.24, 2.45) is 0 Å². The fourth-order valence-corrected chi connectivity index (χ4v) is 3.27. The van der Waals surface area contributed by atoms with Gasteiger partial charge < -0.3 is 18.9 Å². The van der Waals surface area contributed by atoms with Crippen molar-refractivity contribution < 1.29 is 13.6 Å². The molecule has 1 N–H and O–H groups in total. The van der Waals surface area contributed by atoms with Crippen molar-refractivity contribution in [3.05, 3.63) is 76.3 Å². The van der Waals surface area contributed by atoms with Crippen molar-refractivity contribution >= 4 is 22.5 Å². The van der Waals surface area contributed by atoms with E-state index < -0.39 is 5.63 Å². The van der Waals surface area contributed by atoms with Crippen LogP contribution in [-0.4, -0.2) is 6.61 Å². The van der Waals surface area contributed by atoms with Gasteiger partial charge in [-0.2, -0.15) is 0 Å². The number of benzene rings is 2. The van der Waals surface area contributed by atoms with Crippen LogP contribution in [0, 0.1) is 13.8 Å². The van der Waals surface area contributed by atoms with E-state index in [2.05, 4.69) is 5.32 Å². The summed E-state index contributed by atoms with van der Waals surface area (Å²) < 4.78 is 17.0. The van der Waals surface area contributed by atoms with E-state index in [0.29, 0.717) is 34.8 Å². The average molecular weight is 375 g/mol. The first-order valence-electron chi connectivity index (χ1n) is 9.20. The molecular formula is C23H21NO4. The maximum Gasteiger partial charge on any atom is 0.347 e. The van der Waals surface area contributed by atoms with Crippen LogP contribution in [0.25, 0.3) is 22.1 Å². The number of rotatable bonds is 5. The van der Waals surface area contributed by atoms with Gasteiger partial charge in [-0.1, -0.05) is 30.3 Å². The number of anilines is 2. The Labute approximate surface area is 162 Å². The van der Waals surface area contributed by atoms with E-state index in [4.69, 9.17) is 13.6 Å². The smallest absolute Gasteiger partial charge is 0.347 e. The van der Waals surface area contributed by atoms with Crippen LogP contribution in [0.15, 0.2) is 68.2 Å². The Morgan fingerprint density at radius 3 is 2.61 bits per heavy atom. The fraction of sp³-hybridized carbons (Fsp3) is 0.174. The second kappa shape index (κ2) is 7.27. The third-order valence-electron chi connectivity index (χ3n) is 4.55. The highest BCUT2D eigenvalue weighted by molar-refractivity contribution is 6.00. The molecule has 0 aliphatic heterocycles. The van der Waals surface area contributed by atoms with Crippen LogP contribution in [0.1, 0.15) is 18.2 Å². The van der Waals surface area contributed by atoms with Crippen LogP contribution in [0.2, 0.25) is 0 Å². The van der Waals surface area contributed by atoms with Gasteiger partial charge in [0.25, 0.3) is 0 Å². The van der Waals surface area contributed by atoms with E-state index in [1.165, 1.54) is 0 Å². The largest absolute Gasteiger partial charge is 0.494 e. The second-order valence-electron chi connectivity index (χ2n) is 6.59. The Hall–Kier alpha value is -3.47. The maximum atomic E-state index is 12.7. The molecule has 2 aromatic carbocycles. The number of nitrogens with one attached hydrogen (secondary N) is 1. The molecule has 0 saturated carbocycles. The fourth-order valence-electron chi connectivity index (χ4n) is 3.27. The first-order valence-corrected chi connectivity index (χ1v) is 9.20. The van der Waals surface area contributed by atoms with Crippen LogP contribution in [0.5, 0.6) is 5.75 Å². The highest BCUT2D eigenvalue weighted by Crippen LogP contribution is 2.40. The zero-order chi connectivity index (χ0) is 19.7.